The minimum atomic E-state index is -0.708. The van der Waals surface area contributed by atoms with Gasteiger partial charge in [0.1, 0.15) is 6.54 Å². The average molecular weight is 304 g/mol. The van der Waals surface area contributed by atoms with E-state index >= 15 is 0 Å². The first kappa shape index (κ1) is 15.3. The Bertz CT molecular complexity index is 620. The Labute approximate surface area is 127 Å². The van der Waals surface area contributed by atoms with Crippen LogP contribution in [0.3, 0.4) is 0 Å². The van der Waals surface area contributed by atoms with Gasteiger partial charge in [-0.05, 0) is 34.9 Å². The number of carbonyl (C=O) groups is 3. The van der Waals surface area contributed by atoms with E-state index in [0.29, 0.717) is 10.8 Å². The first-order valence-electron chi connectivity index (χ1n) is 6.52. The van der Waals surface area contributed by atoms with Gasteiger partial charge in [-0.15, -0.1) is 0 Å². The lowest BCUT2D eigenvalue weighted by Gasteiger charge is -2.08. The third-order valence-corrected chi connectivity index (χ3v) is 4.00. The summed E-state index contributed by atoms with van der Waals surface area (Å²) in [4.78, 5) is 35.7. The van der Waals surface area contributed by atoms with Crippen LogP contribution in [0.1, 0.15) is 30.9 Å². The standard InChI is InChI=1S/C15H16N2O3S/c1-9(2)11-5-3-10(4-6-11)7-12-14(19)17(8-13(16)18)15(20)21-12/h3-7,9H,8H2,1-2H3,(H2,16,18)/b12-7-. The molecule has 1 aromatic rings. The largest absolute Gasteiger partial charge is 0.368 e. The number of primary amides is 1. The molecule has 0 aliphatic carbocycles. The van der Waals surface area contributed by atoms with Crippen molar-refractivity contribution < 1.29 is 14.4 Å². The quantitative estimate of drug-likeness (QED) is 0.866. The van der Waals surface area contributed by atoms with Gasteiger partial charge in [0.2, 0.25) is 5.91 Å². The van der Waals surface area contributed by atoms with E-state index in [0.717, 1.165) is 22.2 Å². The molecule has 0 bridgehead atoms. The summed E-state index contributed by atoms with van der Waals surface area (Å²) in [6, 6.07) is 7.78. The van der Waals surface area contributed by atoms with E-state index in [9.17, 15) is 14.4 Å². The highest BCUT2D eigenvalue weighted by atomic mass is 32.2. The van der Waals surface area contributed by atoms with Gasteiger partial charge in [0.15, 0.2) is 0 Å². The van der Waals surface area contributed by atoms with E-state index in [-0.39, 0.29) is 6.54 Å². The highest BCUT2D eigenvalue weighted by molar-refractivity contribution is 8.18. The molecule has 1 aliphatic rings. The summed E-state index contributed by atoms with van der Waals surface area (Å²) >= 11 is 0.820. The van der Waals surface area contributed by atoms with Gasteiger partial charge in [-0.25, -0.2) is 0 Å². The molecule has 110 valence electrons. The lowest BCUT2D eigenvalue weighted by molar-refractivity contribution is -0.127. The lowest BCUT2D eigenvalue weighted by atomic mass is 10.0. The number of nitrogens with two attached hydrogens (primary N) is 1. The number of hydrogen-bond donors (Lipinski definition) is 1. The van der Waals surface area contributed by atoms with Gasteiger partial charge in [-0.3, -0.25) is 19.3 Å². The van der Waals surface area contributed by atoms with E-state index in [1.807, 2.05) is 24.3 Å². The number of thioether (sulfide) groups is 1. The van der Waals surface area contributed by atoms with E-state index in [2.05, 4.69) is 13.8 Å². The highest BCUT2D eigenvalue weighted by Crippen LogP contribution is 2.32. The first-order valence-corrected chi connectivity index (χ1v) is 7.33. The van der Waals surface area contributed by atoms with E-state index in [1.165, 1.54) is 5.56 Å². The Morgan fingerprint density at radius 2 is 1.90 bits per heavy atom. The summed E-state index contributed by atoms with van der Waals surface area (Å²) in [5.74, 6) is -0.751. The van der Waals surface area contributed by atoms with Crippen molar-refractivity contribution in [1.82, 2.24) is 4.90 Å². The van der Waals surface area contributed by atoms with Crippen LogP contribution in [0.5, 0.6) is 0 Å². The van der Waals surface area contributed by atoms with Gasteiger partial charge < -0.3 is 5.73 Å². The maximum atomic E-state index is 12.0. The Kier molecular flexibility index (Phi) is 4.47. The van der Waals surface area contributed by atoms with Crippen LogP contribution in [-0.4, -0.2) is 28.5 Å². The van der Waals surface area contributed by atoms with Gasteiger partial charge in [-0.2, -0.15) is 0 Å². The van der Waals surface area contributed by atoms with Crippen LogP contribution in [-0.2, 0) is 9.59 Å². The molecule has 1 saturated heterocycles. The monoisotopic (exact) mass is 304 g/mol. The summed E-state index contributed by atoms with van der Waals surface area (Å²) in [7, 11) is 0. The lowest BCUT2D eigenvalue weighted by Crippen LogP contribution is -2.36. The summed E-state index contributed by atoms with van der Waals surface area (Å²) in [6.45, 7) is 3.82. The summed E-state index contributed by atoms with van der Waals surface area (Å²) in [5, 5.41) is -0.469. The molecule has 0 unspecified atom stereocenters. The fourth-order valence-electron chi connectivity index (χ4n) is 1.92. The molecule has 0 radical (unpaired) electrons. The van der Waals surface area contributed by atoms with Crippen LogP contribution in [0.25, 0.3) is 6.08 Å². The second-order valence-corrected chi connectivity index (χ2v) is 6.05. The van der Waals surface area contributed by atoms with E-state index < -0.39 is 17.1 Å². The molecule has 2 N–H and O–H groups in total. The Morgan fingerprint density at radius 3 is 2.43 bits per heavy atom. The molecule has 2 rings (SSSR count). The van der Waals surface area contributed by atoms with Crippen molar-refractivity contribution in [2.75, 3.05) is 6.54 Å². The molecule has 0 saturated carbocycles. The smallest absolute Gasteiger partial charge is 0.294 e. The number of hydrogen-bond acceptors (Lipinski definition) is 4. The predicted molar refractivity (Wildman–Crippen MR) is 82.4 cm³/mol. The average Bonchev–Trinajstić information content (AvgIpc) is 2.67. The van der Waals surface area contributed by atoms with Gasteiger partial charge >= 0.3 is 0 Å². The van der Waals surface area contributed by atoms with Crippen LogP contribution < -0.4 is 5.73 Å². The molecule has 0 atom stereocenters. The zero-order chi connectivity index (χ0) is 15.6. The summed E-state index contributed by atoms with van der Waals surface area (Å²) < 4.78 is 0. The van der Waals surface area contributed by atoms with Crippen molar-refractivity contribution in [2.24, 2.45) is 5.73 Å². The third-order valence-electron chi connectivity index (χ3n) is 3.09. The molecule has 0 aromatic heterocycles. The molecule has 5 nitrogen and oxygen atoms in total. The number of nitrogens with zero attached hydrogens (tertiary/aromatic N) is 1. The van der Waals surface area contributed by atoms with Crippen molar-refractivity contribution in [3.63, 3.8) is 0 Å². The maximum absolute atomic E-state index is 12.0. The molecular formula is C15H16N2O3S. The Hall–Kier alpha value is -2.08. The van der Waals surface area contributed by atoms with Crippen molar-refractivity contribution in [3.8, 4) is 0 Å². The van der Waals surface area contributed by atoms with Gasteiger partial charge in [0.25, 0.3) is 11.1 Å². The van der Waals surface area contributed by atoms with Crippen molar-refractivity contribution in [3.05, 3.63) is 40.3 Å². The second-order valence-electron chi connectivity index (χ2n) is 5.06. The third kappa shape index (κ3) is 3.52. The van der Waals surface area contributed by atoms with Crippen LogP contribution in [0.4, 0.5) is 4.79 Å². The van der Waals surface area contributed by atoms with Gasteiger partial charge in [0.05, 0.1) is 4.91 Å². The number of carbonyl (C=O) groups excluding carboxylic acids is 3. The van der Waals surface area contributed by atoms with Crippen LogP contribution in [0.15, 0.2) is 29.2 Å². The molecule has 1 fully saturated rings. The predicted octanol–water partition coefficient (Wildman–Crippen LogP) is 2.33. The number of benzene rings is 1. The summed E-state index contributed by atoms with van der Waals surface area (Å²) in [5.41, 5.74) is 7.07. The fraction of sp³-hybridized carbons (Fsp3) is 0.267. The minimum Gasteiger partial charge on any atom is -0.368 e. The van der Waals surface area contributed by atoms with Gasteiger partial charge in [0, 0.05) is 0 Å². The highest BCUT2D eigenvalue weighted by Gasteiger charge is 2.35. The van der Waals surface area contributed by atoms with Crippen molar-refractivity contribution in [1.29, 1.82) is 0 Å². The molecule has 6 heteroatoms. The van der Waals surface area contributed by atoms with Crippen molar-refractivity contribution in [2.45, 2.75) is 19.8 Å². The van der Waals surface area contributed by atoms with Crippen LogP contribution in [0, 0.1) is 0 Å². The molecule has 3 amide bonds. The van der Waals surface area contributed by atoms with Gasteiger partial charge in [-0.1, -0.05) is 38.1 Å². The molecule has 0 spiro atoms. The van der Waals surface area contributed by atoms with Crippen LogP contribution >= 0.6 is 11.8 Å². The van der Waals surface area contributed by atoms with E-state index in [4.69, 9.17) is 5.73 Å². The number of rotatable bonds is 4. The maximum Gasteiger partial charge on any atom is 0.294 e. The SMILES string of the molecule is CC(C)c1ccc(/C=C2\SC(=O)N(CC(N)=O)C2=O)cc1. The molecule has 1 heterocycles. The second kappa shape index (κ2) is 6.13. The summed E-state index contributed by atoms with van der Waals surface area (Å²) in [6.07, 6.45) is 1.65. The Morgan fingerprint density at radius 1 is 1.29 bits per heavy atom. The zero-order valence-electron chi connectivity index (χ0n) is 11.8. The van der Waals surface area contributed by atoms with E-state index in [1.54, 1.807) is 6.08 Å². The van der Waals surface area contributed by atoms with Crippen LogP contribution in [0.2, 0.25) is 0 Å². The molecule has 21 heavy (non-hydrogen) atoms. The number of imide groups is 1. The normalized spacial score (nSPS) is 17.1. The minimum absolute atomic E-state index is 0.304. The molecular weight excluding hydrogens is 288 g/mol. The zero-order valence-corrected chi connectivity index (χ0v) is 12.6. The molecule has 1 aliphatic heterocycles. The topological polar surface area (TPSA) is 80.5 Å². The first-order chi connectivity index (χ1) is 9.88. The number of amides is 3. The Balaban J connectivity index is 2.20. The van der Waals surface area contributed by atoms with Crippen molar-refractivity contribution >= 4 is 34.9 Å². The fourth-order valence-corrected chi connectivity index (χ4v) is 2.76. The molecule has 1 aromatic carbocycles.